The summed E-state index contributed by atoms with van der Waals surface area (Å²) in [6.07, 6.45) is 6.89. The van der Waals surface area contributed by atoms with Gasteiger partial charge in [-0.3, -0.25) is 0 Å². The molecule has 0 unspecified atom stereocenters. The molecule has 1 heterocycles. The molecule has 0 saturated carbocycles. The minimum absolute atomic E-state index is 0.488. The maximum Gasteiger partial charge on any atom is 0.103 e. The zero-order valence-corrected chi connectivity index (χ0v) is 7.30. The molecule has 54 valence electrons. The Hall–Kier alpha value is -1.19. The summed E-state index contributed by atoms with van der Waals surface area (Å²) in [6, 6.07) is 3.76. The number of hydrogen-bond donors (Lipinski definition) is 0. The van der Waals surface area contributed by atoms with Crippen LogP contribution in [-0.4, -0.2) is 4.57 Å². The van der Waals surface area contributed by atoms with Crippen molar-refractivity contribution < 1.29 is 0 Å². The first kappa shape index (κ1) is 7.91. The summed E-state index contributed by atoms with van der Waals surface area (Å²) in [5.41, 5.74) is 0.611. The smallest absolute Gasteiger partial charge is 0.103 e. The molecule has 2 nitrogen and oxygen atoms in total. The molecule has 0 amide bonds. The van der Waals surface area contributed by atoms with Gasteiger partial charge in [0.15, 0.2) is 0 Å². The molecule has 0 N–H and O–H groups in total. The van der Waals surface area contributed by atoms with Gasteiger partial charge in [-0.05, 0) is 22.0 Å². The molecule has 0 fully saturated rings. The first-order chi connectivity index (χ1) is 5.29. The Morgan fingerprint density at radius 3 is 2.91 bits per heavy atom. The first-order valence-corrected chi connectivity index (χ1v) is 3.77. The summed E-state index contributed by atoms with van der Waals surface area (Å²) in [6.45, 7) is 0.488. The lowest BCUT2D eigenvalue weighted by molar-refractivity contribution is 0.828. The Kier molecular flexibility index (Phi) is 2.36. The molecular formula is C8H5BrN2. The Balaban J connectivity index is 3.05. The van der Waals surface area contributed by atoms with Gasteiger partial charge in [0.05, 0.1) is 12.1 Å². The second-order valence-corrected chi connectivity index (χ2v) is 2.72. The van der Waals surface area contributed by atoms with E-state index in [9.17, 15) is 0 Å². The summed E-state index contributed by atoms with van der Waals surface area (Å²) >= 11 is 3.26. The van der Waals surface area contributed by atoms with Gasteiger partial charge in [-0.15, -0.1) is 6.42 Å². The summed E-state index contributed by atoms with van der Waals surface area (Å²) in [5.74, 6) is 2.49. The van der Waals surface area contributed by atoms with Crippen LogP contribution in [0.2, 0.25) is 0 Å². The van der Waals surface area contributed by atoms with Gasteiger partial charge in [0.2, 0.25) is 0 Å². The Morgan fingerprint density at radius 1 is 1.73 bits per heavy atom. The topological polar surface area (TPSA) is 28.7 Å². The number of aromatic nitrogens is 1. The van der Waals surface area contributed by atoms with Crippen molar-refractivity contribution in [1.29, 1.82) is 5.26 Å². The summed E-state index contributed by atoms with van der Waals surface area (Å²) < 4.78 is 2.54. The van der Waals surface area contributed by atoms with Crippen LogP contribution < -0.4 is 0 Å². The molecule has 1 aromatic heterocycles. The molecule has 0 atom stereocenters. The highest BCUT2D eigenvalue weighted by Gasteiger charge is 2.02. The van der Waals surface area contributed by atoms with E-state index in [1.165, 1.54) is 0 Å². The van der Waals surface area contributed by atoms with Crippen molar-refractivity contribution in [3.8, 4) is 18.4 Å². The second-order valence-electron chi connectivity index (χ2n) is 1.96. The fourth-order valence-electron chi connectivity index (χ4n) is 0.757. The zero-order valence-electron chi connectivity index (χ0n) is 5.71. The van der Waals surface area contributed by atoms with Crippen LogP contribution in [0.25, 0.3) is 0 Å². The van der Waals surface area contributed by atoms with Gasteiger partial charge in [0.25, 0.3) is 0 Å². The number of halogens is 1. The average molecular weight is 209 g/mol. The first-order valence-electron chi connectivity index (χ1n) is 2.97. The van der Waals surface area contributed by atoms with Gasteiger partial charge in [0, 0.05) is 6.20 Å². The van der Waals surface area contributed by atoms with Crippen LogP contribution in [0.3, 0.4) is 0 Å². The number of rotatable bonds is 1. The van der Waals surface area contributed by atoms with Crippen molar-refractivity contribution in [1.82, 2.24) is 4.57 Å². The largest absolute Gasteiger partial charge is 0.330 e. The molecule has 0 radical (unpaired) electrons. The molecule has 1 rings (SSSR count). The van der Waals surface area contributed by atoms with Crippen molar-refractivity contribution in [2.45, 2.75) is 6.54 Å². The van der Waals surface area contributed by atoms with Crippen molar-refractivity contribution >= 4 is 15.9 Å². The monoisotopic (exact) mass is 208 g/mol. The number of nitriles is 1. The van der Waals surface area contributed by atoms with Gasteiger partial charge < -0.3 is 4.57 Å². The quantitative estimate of drug-likeness (QED) is 0.647. The second kappa shape index (κ2) is 3.27. The Labute approximate surface area is 73.6 Å². The van der Waals surface area contributed by atoms with Gasteiger partial charge in [-0.25, -0.2) is 0 Å². The van der Waals surface area contributed by atoms with Gasteiger partial charge in [-0.2, -0.15) is 5.26 Å². The fourth-order valence-corrected chi connectivity index (χ4v) is 1.22. The third-order valence-corrected chi connectivity index (χ3v) is 2.16. The Morgan fingerprint density at radius 2 is 2.45 bits per heavy atom. The van der Waals surface area contributed by atoms with Gasteiger partial charge in [-0.1, -0.05) is 5.92 Å². The average Bonchev–Trinajstić information content (AvgIpc) is 2.34. The van der Waals surface area contributed by atoms with E-state index in [-0.39, 0.29) is 0 Å². The van der Waals surface area contributed by atoms with Crippen LogP contribution in [0, 0.1) is 23.7 Å². The molecule has 3 heteroatoms. The molecule has 0 aromatic carbocycles. The van der Waals surface area contributed by atoms with E-state index < -0.39 is 0 Å². The molecular weight excluding hydrogens is 204 g/mol. The standard InChI is InChI=1S/C8H5BrN2/c1-2-4-11-5-3-7(6-10)8(11)9/h1,3,5H,4H2. The highest BCUT2D eigenvalue weighted by molar-refractivity contribution is 9.10. The third kappa shape index (κ3) is 1.45. The summed E-state index contributed by atoms with van der Waals surface area (Å²) in [5, 5.41) is 8.55. The minimum Gasteiger partial charge on any atom is -0.330 e. The van der Waals surface area contributed by atoms with Crippen LogP contribution in [0.1, 0.15) is 5.56 Å². The van der Waals surface area contributed by atoms with Gasteiger partial charge >= 0.3 is 0 Å². The number of hydrogen-bond acceptors (Lipinski definition) is 1. The van der Waals surface area contributed by atoms with Crippen LogP contribution in [0.5, 0.6) is 0 Å². The van der Waals surface area contributed by atoms with Crippen LogP contribution >= 0.6 is 15.9 Å². The van der Waals surface area contributed by atoms with E-state index in [2.05, 4.69) is 21.9 Å². The predicted octanol–water partition coefficient (Wildman–Crippen LogP) is 1.76. The third-order valence-electron chi connectivity index (χ3n) is 1.28. The van der Waals surface area contributed by atoms with Crippen molar-refractivity contribution in [2.24, 2.45) is 0 Å². The molecule has 0 saturated heterocycles. The maximum atomic E-state index is 8.55. The van der Waals surface area contributed by atoms with E-state index in [0.717, 1.165) is 4.60 Å². The summed E-state index contributed by atoms with van der Waals surface area (Å²) in [4.78, 5) is 0. The van der Waals surface area contributed by atoms with Crippen LogP contribution in [-0.2, 0) is 6.54 Å². The normalized spacial score (nSPS) is 8.64. The van der Waals surface area contributed by atoms with Crippen LogP contribution in [0.4, 0.5) is 0 Å². The number of terminal acetylenes is 1. The van der Waals surface area contributed by atoms with Crippen molar-refractivity contribution in [2.75, 3.05) is 0 Å². The zero-order chi connectivity index (χ0) is 8.27. The number of nitrogens with zero attached hydrogens (tertiary/aromatic N) is 2. The molecule has 0 aliphatic carbocycles. The lowest BCUT2D eigenvalue weighted by Gasteiger charge is -1.96. The SMILES string of the molecule is C#CCn1ccc(C#N)c1Br. The molecule has 11 heavy (non-hydrogen) atoms. The predicted molar refractivity (Wildman–Crippen MR) is 45.7 cm³/mol. The molecule has 0 aliphatic heterocycles. The maximum absolute atomic E-state index is 8.55. The van der Waals surface area contributed by atoms with E-state index in [1.807, 2.05) is 6.07 Å². The molecule has 0 aliphatic rings. The van der Waals surface area contributed by atoms with Gasteiger partial charge in [0.1, 0.15) is 10.7 Å². The molecule has 0 spiro atoms. The highest BCUT2D eigenvalue weighted by atomic mass is 79.9. The molecule has 0 bridgehead atoms. The molecule has 1 aromatic rings. The van der Waals surface area contributed by atoms with E-state index in [4.69, 9.17) is 11.7 Å². The minimum atomic E-state index is 0.488. The van der Waals surface area contributed by atoms with E-state index >= 15 is 0 Å². The summed E-state index contributed by atoms with van der Waals surface area (Å²) in [7, 11) is 0. The fraction of sp³-hybridized carbons (Fsp3) is 0.125. The van der Waals surface area contributed by atoms with E-state index in [0.29, 0.717) is 12.1 Å². The van der Waals surface area contributed by atoms with E-state index in [1.54, 1.807) is 16.8 Å². The highest BCUT2D eigenvalue weighted by Crippen LogP contribution is 2.16. The Bertz CT molecular complexity index is 338. The van der Waals surface area contributed by atoms with Crippen LogP contribution in [0.15, 0.2) is 16.9 Å². The van der Waals surface area contributed by atoms with Crippen molar-refractivity contribution in [3.63, 3.8) is 0 Å². The lowest BCUT2D eigenvalue weighted by Crippen LogP contribution is -1.92. The lowest BCUT2D eigenvalue weighted by atomic mass is 10.4. The van der Waals surface area contributed by atoms with Crippen molar-refractivity contribution in [3.05, 3.63) is 22.4 Å².